The van der Waals surface area contributed by atoms with Gasteiger partial charge in [-0.3, -0.25) is 0 Å². The Hall–Kier alpha value is -1.69. The molecule has 2 aromatic rings. The summed E-state index contributed by atoms with van der Waals surface area (Å²) in [6.45, 7) is 0.661. The van der Waals surface area contributed by atoms with Gasteiger partial charge < -0.3 is 19.7 Å². The zero-order valence-corrected chi connectivity index (χ0v) is 11.3. The molecule has 5 nitrogen and oxygen atoms in total. The average molecular weight is 311 g/mol. The highest BCUT2D eigenvalue weighted by atomic mass is 79.9. The molecule has 1 aliphatic heterocycles. The van der Waals surface area contributed by atoms with Crippen LogP contribution in [0.1, 0.15) is 5.56 Å². The van der Waals surface area contributed by atoms with E-state index in [1.165, 1.54) is 0 Å². The molecule has 3 rings (SSSR count). The lowest BCUT2D eigenvalue weighted by atomic mass is 10.1. The van der Waals surface area contributed by atoms with Crippen molar-refractivity contribution in [2.24, 2.45) is 0 Å². The van der Waals surface area contributed by atoms with Gasteiger partial charge >= 0.3 is 0 Å². The minimum atomic E-state index is 0.285. The normalized spacial score (nSPS) is 13.2. The van der Waals surface area contributed by atoms with Crippen LogP contribution in [0.5, 0.6) is 11.5 Å². The summed E-state index contributed by atoms with van der Waals surface area (Å²) in [5.41, 5.74) is 8.20. The Morgan fingerprint density at radius 3 is 2.94 bits per heavy atom. The van der Waals surface area contributed by atoms with Gasteiger partial charge in [-0.2, -0.15) is 0 Å². The Kier molecular flexibility index (Phi) is 2.66. The molecule has 0 fully saturated rings. The number of hydrogen-bond acceptors (Lipinski definition) is 5. The van der Waals surface area contributed by atoms with Gasteiger partial charge in [0.2, 0.25) is 5.88 Å². The van der Waals surface area contributed by atoms with Crippen molar-refractivity contribution >= 4 is 21.8 Å². The van der Waals surface area contributed by atoms with Crippen LogP contribution in [0.3, 0.4) is 0 Å². The Bertz CT molecular complexity index is 610. The second kappa shape index (κ2) is 4.20. The monoisotopic (exact) mass is 310 g/mol. The van der Waals surface area contributed by atoms with Gasteiger partial charge in [0.05, 0.1) is 13.7 Å². The lowest BCUT2D eigenvalue weighted by molar-refractivity contribution is 0.326. The quantitative estimate of drug-likeness (QED) is 0.923. The third-order valence-corrected chi connectivity index (χ3v) is 3.80. The predicted octanol–water partition coefficient (Wildman–Crippen LogP) is 2.63. The summed E-state index contributed by atoms with van der Waals surface area (Å²) in [4.78, 5) is 0. The number of nitrogen functional groups attached to an aromatic ring is 1. The van der Waals surface area contributed by atoms with Crippen molar-refractivity contribution in [2.75, 3.05) is 19.5 Å². The maximum atomic E-state index is 5.57. The van der Waals surface area contributed by atoms with Crippen LogP contribution in [0.4, 0.5) is 5.88 Å². The lowest BCUT2D eigenvalue weighted by Gasteiger charge is -2.11. The number of nitrogens with zero attached hydrogens (tertiary/aromatic N) is 1. The van der Waals surface area contributed by atoms with Gasteiger partial charge in [0, 0.05) is 28.1 Å². The number of halogens is 1. The van der Waals surface area contributed by atoms with Crippen molar-refractivity contribution in [2.45, 2.75) is 6.42 Å². The minimum absolute atomic E-state index is 0.285. The summed E-state index contributed by atoms with van der Waals surface area (Å²) < 4.78 is 16.8. The van der Waals surface area contributed by atoms with Gasteiger partial charge in [0.25, 0.3) is 0 Å². The number of fused-ring (bicyclic) bond motifs is 1. The second-order valence-electron chi connectivity index (χ2n) is 3.96. The van der Waals surface area contributed by atoms with Gasteiger partial charge in [-0.15, -0.1) is 0 Å². The Labute approximate surface area is 112 Å². The van der Waals surface area contributed by atoms with Crippen molar-refractivity contribution in [3.63, 3.8) is 0 Å². The maximum absolute atomic E-state index is 5.57. The van der Waals surface area contributed by atoms with Gasteiger partial charge in [-0.1, -0.05) is 5.16 Å². The summed E-state index contributed by atoms with van der Waals surface area (Å²) >= 11 is 3.58. The van der Waals surface area contributed by atoms with E-state index in [2.05, 4.69) is 21.1 Å². The standard InChI is InChI=1S/C12H11BrN2O3/c1-16-9-4-7(8-5-10(14)18-15-8)11(13)6-2-3-17-12(6)9/h4-5H,2-3,14H2,1H3. The first-order chi connectivity index (χ1) is 8.70. The van der Waals surface area contributed by atoms with E-state index in [1.54, 1.807) is 13.2 Å². The summed E-state index contributed by atoms with van der Waals surface area (Å²) in [7, 11) is 1.62. The largest absolute Gasteiger partial charge is 0.493 e. The molecular weight excluding hydrogens is 300 g/mol. The van der Waals surface area contributed by atoms with E-state index in [0.29, 0.717) is 18.1 Å². The topological polar surface area (TPSA) is 70.5 Å². The molecule has 6 heteroatoms. The van der Waals surface area contributed by atoms with Gasteiger partial charge in [0.15, 0.2) is 11.5 Å². The van der Waals surface area contributed by atoms with E-state index in [4.69, 9.17) is 19.7 Å². The van der Waals surface area contributed by atoms with Gasteiger partial charge in [-0.25, -0.2) is 0 Å². The van der Waals surface area contributed by atoms with Crippen LogP contribution in [-0.2, 0) is 6.42 Å². The first-order valence-electron chi connectivity index (χ1n) is 5.45. The van der Waals surface area contributed by atoms with E-state index in [1.807, 2.05) is 6.07 Å². The molecule has 1 aromatic carbocycles. The lowest BCUT2D eigenvalue weighted by Crippen LogP contribution is -1.92. The molecule has 18 heavy (non-hydrogen) atoms. The molecule has 0 unspecified atom stereocenters. The van der Waals surface area contributed by atoms with Crippen LogP contribution in [0.15, 0.2) is 21.1 Å². The molecule has 0 aliphatic carbocycles. The van der Waals surface area contributed by atoms with E-state index in [0.717, 1.165) is 27.8 Å². The molecule has 2 heterocycles. The molecule has 2 N–H and O–H groups in total. The summed E-state index contributed by atoms with van der Waals surface area (Å²) in [6.07, 6.45) is 0.841. The van der Waals surface area contributed by atoms with Crippen molar-refractivity contribution in [1.82, 2.24) is 5.16 Å². The Morgan fingerprint density at radius 2 is 2.28 bits per heavy atom. The van der Waals surface area contributed by atoms with E-state index in [-0.39, 0.29) is 5.88 Å². The average Bonchev–Trinajstić information content (AvgIpc) is 2.99. The number of hydrogen-bond donors (Lipinski definition) is 1. The molecular formula is C12H11BrN2O3. The van der Waals surface area contributed by atoms with Crippen molar-refractivity contribution in [3.05, 3.63) is 22.2 Å². The van der Waals surface area contributed by atoms with Crippen molar-refractivity contribution < 1.29 is 14.0 Å². The van der Waals surface area contributed by atoms with E-state index < -0.39 is 0 Å². The van der Waals surface area contributed by atoms with Crippen LogP contribution in [-0.4, -0.2) is 18.9 Å². The third kappa shape index (κ3) is 1.64. The summed E-state index contributed by atoms with van der Waals surface area (Å²) in [5, 5.41) is 3.92. The predicted molar refractivity (Wildman–Crippen MR) is 69.8 cm³/mol. The molecule has 0 radical (unpaired) electrons. The van der Waals surface area contributed by atoms with Crippen LogP contribution in [0.2, 0.25) is 0 Å². The van der Waals surface area contributed by atoms with Crippen molar-refractivity contribution in [3.8, 4) is 22.8 Å². The number of anilines is 1. The molecule has 0 atom stereocenters. The van der Waals surface area contributed by atoms with Crippen LogP contribution in [0, 0.1) is 0 Å². The third-order valence-electron chi connectivity index (χ3n) is 2.90. The van der Waals surface area contributed by atoms with Crippen molar-refractivity contribution in [1.29, 1.82) is 0 Å². The smallest absolute Gasteiger partial charge is 0.222 e. The highest BCUT2D eigenvalue weighted by Gasteiger charge is 2.24. The number of aromatic nitrogens is 1. The number of ether oxygens (including phenoxy) is 2. The molecule has 0 saturated carbocycles. The first-order valence-corrected chi connectivity index (χ1v) is 6.24. The summed E-state index contributed by atoms with van der Waals surface area (Å²) in [5.74, 6) is 1.78. The van der Waals surface area contributed by atoms with Gasteiger partial charge in [-0.05, 0) is 22.0 Å². The van der Waals surface area contributed by atoms with E-state index in [9.17, 15) is 0 Å². The highest BCUT2D eigenvalue weighted by Crippen LogP contribution is 2.45. The molecule has 1 aromatic heterocycles. The fraction of sp³-hybridized carbons (Fsp3) is 0.250. The zero-order chi connectivity index (χ0) is 12.7. The molecule has 0 spiro atoms. The van der Waals surface area contributed by atoms with E-state index >= 15 is 0 Å². The Balaban J connectivity index is 2.21. The molecule has 0 amide bonds. The summed E-state index contributed by atoms with van der Waals surface area (Å²) in [6, 6.07) is 3.55. The fourth-order valence-electron chi connectivity index (χ4n) is 2.06. The molecule has 94 valence electrons. The van der Waals surface area contributed by atoms with Gasteiger partial charge in [0.1, 0.15) is 5.69 Å². The fourth-order valence-corrected chi connectivity index (χ4v) is 2.76. The molecule has 0 saturated heterocycles. The number of benzene rings is 1. The highest BCUT2D eigenvalue weighted by molar-refractivity contribution is 9.10. The minimum Gasteiger partial charge on any atom is -0.493 e. The number of methoxy groups -OCH3 is 1. The first kappa shape index (κ1) is 11.4. The number of nitrogens with two attached hydrogens (primary N) is 1. The van der Waals surface area contributed by atoms with Crippen LogP contribution >= 0.6 is 15.9 Å². The van der Waals surface area contributed by atoms with Crippen LogP contribution in [0.25, 0.3) is 11.3 Å². The van der Waals surface area contributed by atoms with Crippen LogP contribution < -0.4 is 15.2 Å². The zero-order valence-electron chi connectivity index (χ0n) is 9.70. The SMILES string of the molecule is COc1cc(-c2cc(N)on2)c(Br)c2c1OCC2. The molecule has 0 bridgehead atoms. The maximum Gasteiger partial charge on any atom is 0.222 e. The second-order valence-corrected chi connectivity index (χ2v) is 4.75. The Morgan fingerprint density at radius 1 is 1.44 bits per heavy atom. The number of rotatable bonds is 2. The molecule has 1 aliphatic rings.